The number of ether oxygens (including phenoxy) is 2. The summed E-state index contributed by atoms with van der Waals surface area (Å²) in [5.74, 6) is -0.0624. The fourth-order valence-electron chi connectivity index (χ4n) is 2.53. The highest BCUT2D eigenvalue weighted by molar-refractivity contribution is 6.42. The Bertz CT molecular complexity index is 1040. The second-order valence-corrected chi connectivity index (χ2v) is 7.00. The number of halogens is 3. The van der Waals surface area contributed by atoms with Gasteiger partial charge in [0.15, 0.2) is 11.6 Å². The van der Waals surface area contributed by atoms with E-state index in [9.17, 15) is 9.50 Å². The number of nitriles is 1. The smallest absolute Gasteiger partial charge is 0.165 e. The van der Waals surface area contributed by atoms with Crippen LogP contribution >= 0.6 is 23.2 Å². The van der Waals surface area contributed by atoms with E-state index in [1.54, 1.807) is 36.4 Å². The molecule has 0 aliphatic rings. The van der Waals surface area contributed by atoms with Gasteiger partial charge >= 0.3 is 0 Å². The number of hydrogen-bond acceptors (Lipinski definition) is 4. The van der Waals surface area contributed by atoms with Gasteiger partial charge in [-0.25, -0.2) is 4.39 Å². The Labute approximate surface area is 177 Å². The topological polar surface area (TPSA) is 62.5 Å². The van der Waals surface area contributed by atoms with Crippen LogP contribution in [0, 0.1) is 17.1 Å². The van der Waals surface area contributed by atoms with Crippen LogP contribution in [-0.4, -0.2) is 11.7 Å². The van der Waals surface area contributed by atoms with Crippen LogP contribution in [0.4, 0.5) is 4.39 Å². The molecule has 0 amide bonds. The lowest BCUT2D eigenvalue weighted by Gasteiger charge is -2.14. The molecule has 3 aromatic carbocycles. The fraction of sp³-hybridized carbons (Fsp3) is 0.136. The van der Waals surface area contributed by atoms with E-state index in [0.29, 0.717) is 28.0 Å². The zero-order valence-corrected chi connectivity index (χ0v) is 16.6. The third kappa shape index (κ3) is 5.61. The van der Waals surface area contributed by atoms with Crippen molar-refractivity contribution in [1.29, 1.82) is 5.26 Å². The molecule has 0 spiro atoms. The monoisotopic (exact) mass is 431 g/mol. The minimum Gasteiger partial charge on any atom is -0.489 e. The van der Waals surface area contributed by atoms with Crippen molar-refractivity contribution in [1.82, 2.24) is 0 Å². The quantitative estimate of drug-likeness (QED) is 0.521. The van der Waals surface area contributed by atoms with E-state index in [-0.39, 0.29) is 17.9 Å². The molecule has 0 aromatic heterocycles. The second-order valence-electron chi connectivity index (χ2n) is 6.19. The van der Waals surface area contributed by atoms with Gasteiger partial charge in [-0.3, -0.25) is 0 Å². The van der Waals surface area contributed by atoms with Crippen molar-refractivity contribution < 1.29 is 19.0 Å². The zero-order chi connectivity index (χ0) is 20.8. The summed E-state index contributed by atoms with van der Waals surface area (Å²) in [7, 11) is 0. The van der Waals surface area contributed by atoms with Crippen LogP contribution in [0.25, 0.3) is 0 Å². The molecule has 1 N–H and O–H groups in total. The molecule has 7 heteroatoms. The molecule has 3 aromatic rings. The van der Waals surface area contributed by atoms with Crippen molar-refractivity contribution in [3.05, 3.63) is 93.2 Å². The molecule has 0 fully saturated rings. The standard InChI is InChI=1S/C22H16Cl2FNO3/c23-18-7-1-15(9-19(18)24)12-28-17-5-3-16(4-6-17)21(27)13-29-22-10-14(11-26)2-8-20(22)25/h1-10,21,27H,12-13H2. The number of aliphatic hydroxyl groups excluding tert-OH is 1. The summed E-state index contributed by atoms with van der Waals surface area (Å²) < 4.78 is 24.8. The van der Waals surface area contributed by atoms with Gasteiger partial charge in [-0.1, -0.05) is 41.4 Å². The molecule has 0 saturated heterocycles. The van der Waals surface area contributed by atoms with Crippen molar-refractivity contribution in [3.8, 4) is 17.6 Å². The molecule has 4 nitrogen and oxygen atoms in total. The van der Waals surface area contributed by atoms with E-state index in [2.05, 4.69) is 0 Å². The van der Waals surface area contributed by atoms with Crippen LogP contribution in [0.3, 0.4) is 0 Å². The highest BCUT2D eigenvalue weighted by atomic mass is 35.5. The third-order valence-electron chi connectivity index (χ3n) is 4.11. The molecular formula is C22H16Cl2FNO3. The molecule has 0 aliphatic heterocycles. The summed E-state index contributed by atoms with van der Waals surface area (Å²) in [5.41, 5.74) is 1.74. The predicted molar refractivity (Wildman–Crippen MR) is 109 cm³/mol. The lowest BCUT2D eigenvalue weighted by Crippen LogP contribution is -2.10. The lowest BCUT2D eigenvalue weighted by atomic mass is 10.1. The predicted octanol–water partition coefficient (Wildman–Crippen LogP) is 5.70. The Morgan fingerprint density at radius 2 is 1.72 bits per heavy atom. The molecule has 29 heavy (non-hydrogen) atoms. The number of benzene rings is 3. The molecule has 3 rings (SSSR count). The van der Waals surface area contributed by atoms with Crippen LogP contribution in [-0.2, 0) is 6.61 Å². The van der Waals surface area contributed by atoms with Gasteiger partial charge in [-0.2, -0.15) is 5.26 Å². The number of rotatable bonds is 7. The first-order chi connectivity index (χ1) is 14.0. The molecule has 0 saturated carbocycles. The Morgan fingerprint density at radius 1 is 0.966 bits per heavy atom. The second kappa shape index (κ2) is 9.62. The molecular weight excluding hydrogens is 416 g/mol. The van der Waals surface area contributed by atoms with Crippen molar-refractivity contribution in [2.45, 2.75) is 12.7 Å². The number of aliphatic hydroxyl groups is 1. The van der Waals surface area contributed by atoms with Gasteiger partial charge in [0.1, 0.15) is 25.1 Å². The van der Waals surface area contributed by atoms with E-state index in [0.717, 1.165) is 11.6 Å². The molecule has 0 radical (unpaired) electrons. The van der Waals surface area contributed by atoms with E-state index in [1.807, 2.05) is 12.1 Å². The summed E-state index contributed by atoms with van der Waals surface area (Å²) in [6.45, 7) is 0.158. The maximum Gasteiger partial charge on any atom is 0.165 e. The number of nitrogens with zero attached hydrogens (tertiary/aromatic N) is 1. The molecule has 0 aliphatic carbocycles. The summed E-state index contributed by atoms with van der Waals surface area (Å²) in [6, 6.07) is 17.8. The Hall–Kier alpha value is -2.78. The first kappa shape index (κ1) is 20.9. The first-order valence-electron chi connectivity index (χ1n) is 8.63. The SMILES string of the molecule is N#Cc1ccc(F)c(OCC(O)c2ccc(OCc3ccc(Cl)c(Cl)c3)cc2)c1. The van der Waals surface area contributed by atoms with Crippen molar-refractivity contribution in [2.24, 2.45) is 0 Å². The average molecular weight is 432 g/mol. The Balaban J connectivity index is 1.56. The Kier molecular flexibility index (Phi) is 6.95. The van der Waals surface area contributed by atoms with Crippen LogP contribution in [0.5, 0.6) is 11.5 Å². The first-order valence-corrected chi connectivity index (χ1v) is 9.39. The van der Waals surface area contributed by atoms with Gasteiger partial charge in [0.25, 0.3) is 0 Å². The maximum atomic E-state index is 13.7. The zero-order valence-electron chi connectivity index (χ0n) is 15.1. The largest absolute Gasteiger partial charge is 0.489 e. The fourth-order valence-corrected chi connectivity index (χ4v) is 2.85. The van der Waals surface area contributed by atoms with Crippen molar-refractivity contribution in [2.75, 3.05) is 6.61 Å². The summed E-state index contributed by atoms with van der Waals surface area (Å²) >= 11 is 11.9. The summed E-state index contributed by atoms with van der Waals surface area (Å²) in [4.78, 5) is 0. The summed E-state index contributed by atoms with van der Waals surface area (Å²) in [5, 5.41) is 20.1. The third-order valence-corrected chi connectivity index (χ3v) is 4.85. The molecule has 148 valence electrons. The van der Waals surface area contributed by atoms with Crippen LogP contribution in [0.2, 0.25) is 10.0 Å². The minimum absolute atomic E-state index is 0.0790. The van der Waals surface area contributed by atoms with Gasteiger partial charge in [0.05, 0.1) is 21.7 Å². The highest BCUT2D eigenvalue weighted by Crippen LogP contribution is 2.25. The van der Waals surface area contributed by atoms with Crippen molar-refractivity contribution in [3.63, 3.8) is 0 Å². The van der Waals surface area contributed by atoms with Crippen molar-refractivity contribution >= 4 is 23.2 Å². The maximum absolute atomic E-state index is 13.7. The molecule has 0 heterocycles. The molecule has 1 unspecified atom stereocenters. The minimum atomic E-state index is -0.968. The molecule has 1 atom stereocenters. The van der Waals surface area contributed by atoms with E-state index >= 15 is 0 Å². The van der Waals surface area contributed by atoms with E-state index in [4.69, 9.17) is 37.9 Å². The molecule has 0 bridgehead atoms. The summed E-state index contributed by atoms with van der Waals surface area (Å²) in [6.07, 6.45) is -0.968. The normalized spacial score (nSPS) is 11.6. The van der Waals surface area contributed by atoms with Crippen LogP contribution < -0.4 is 9.47 Å². The van der Waals surface area contributed by atoms with Gasteiger partial charge in [0, 0.05) is 6.07 Å². The van der Waals surface area contributed by atoms with Gasteiger partial charge in [0.2, 0.25) is 0 Å². The number of hydrogen-bond donors (Lipinski definition) is 1. The van der Waals surface area contributed by atoms with E-state index in [1.165, 1.54) is 12.1 Å². The average Bonchev–Trinajstić information content (AvgIpc) is 2.74. The van der Waals surface area contributed by atoms with E-state index < -0.39 is 11.9 Å². The van der Waals surface area contributed by atoms with Crippen LogP contribution in [0.15, 0.2) is 60.7 Å². The Morgan fingerprint density at radius 3 is 2.41 bits per heavy atom. The van der Waals surface area contributed by atoms with Gasteiger partial charge in [-0.15, -0.1) is 0 Å². The highest BCUT2D eigenvalue weighted by Gasteiger charge is 2.12. The van der Waals surface area contributed by atoms with Crippen LogP contribution in [0.1, 0.15) is 22.8 Å². The van der Waals surface area contributed by atoms with Gasteiger partial charge in [-0.05, 0) is 47.5 Å². The lowest BCUT2D eigenvalue weighted by molar-refractivity contribution is 0.106. The van der Waals surface area contributed by atoms with Gasteiger partial charge < -0.3 is 14.6 Å².